The standard InChI is InChI=1S/C24H17BrClNO6S2/c1-32-18-7-9-19(10-8-18)35(30,31)33-21-11-4-16(12-20(21)25)13-22-23(28)27(24(29)34-22)14-15-2-5-17(26)6-3-15/h2-13H,14H2,1H3/b22-13-. The van der Waals surface area contributed by atoms with Crippen LogP contribution >= 0.6 is 39.3 Å². The van der Waals surface area contributed by atoms with E-state index in [9.17, 15) is 18.0 Å². The average Bonchev–Trinajstić information content (AvgIpc) is 3.09. The Bertz CT molecular complexity index is 1420. The number of carbonyl (C=O) groups is 2. The SMILES string of the molecule is COc1ccc(S(=O)(=O)Oc2ccc(/C=C3\SC(=O)N(Cc4ccc(Cl)cc4)C3=O)cc2Br)cc1. The second-order valence-corrected chi connectivity index (χ2v) is 11.1. The number of hydrogen-bond acceptors (Lipinski definition) is 7. The van der Waals surface area contributed by atoms with Crippen molar-refractivity contribution in [3.63, 3.8) is 0 Å². The minimum atomic E-state index is -4.07. The number of benzene rings is 3. The van der Waals surface area contributed by atoms with E-state index in [0.717, 1.165) is 22.2 Å². The van der Waals surface area contributed by atoms with Gasteiger partial charge in [0.2, 0.25) is 0 Å². The van der Waals surface area contributed by atoms with Crippen molar-refractivity contribution >= 4 is 66.6 Å². The number of nitrogens with zero attached hydrogens (tertiary/aromatic N) is 1. The molecule has 3 aromatic carbocycles. The van der Waals surface area contributed by atoms with Gasteiger partial charge in [0.15, 0.2) is 5.75 Å². The maximum atomic E-state index is 12.8. The van der Waals surface area contributed by atoms with E-state index in [-0.39, 0.29) is 27.3 Å². The highest BCUT2D eigenvalue weighted by atomic mass is 79.9. The molecule has 1 aliphatic rings. The lowest BCUT2D eigenvalue weighted by Crippen LogP contribution is -2.27. The van der Waals surface area contributed by atoms with Crippen molar-refractivity contribution in [1.82, 2.24) is 4.90 Å². The quantitative estimate of drug-likeness (QED) is 0.241. The van der Waals surface area contributed by atoms with Gasteiger partial charge in [-0.3, -0.25) is 14.5 Å². The fourth-order valence-electron chi connectivity index (χ4n) is 3.14. The molecule has 1 saturated heterocycles. The zero-order chi connectivity index (χ0) is 25.2. The van der Waals surface area contributed by atoms with Gasteiger partial charge in [0.1, 0.15) is 10.6 Å². The Labute approximate surface area is 219 Å². The summed E-state index contributed by atoms with van der Waals surface area (Å²) in [6, 6.07) is 17.4. The number of ether oxygens (including phenoxy) is 1. The molecule has 0 unspecified atom stereocenters. The van der Waals surface area contributed by atoms with Gasteiger partial charge in [-0.2, -0.15) is 8.42 Å². The molecular formula is C24H17BrClNO6S2. The van der Waals surface area contributed by atoms with E-state index in [4.69, 9.17) is 20.5 Å². The molecule has 7 nitrogen and oxygen atoms in total. The van der Waals surface area contributed by atoms with E-state index in [2.05, 4.69) is 15.9 Å². The molecule has 0 radical (unpaired) electrons. The van der Waals surface area contributed by atoms with Crippen LogP contribution in [-0.2, 0) is 21.5 Å². The van der Waals surface area contributed by atoms with Gasteiger partial charge in [-0.05, 0) is 93.4 Å². The molecular weight excluding hydrogens is 578 g/mol. The Balaban J connectivity index is 1.50. The van der Waals surface area contributed by atoms with Crippen LogP contribution < -0.4 is 8.92 Å². The Hall–Kier alpha value is -2.79. The highest BCUT2D eigenvalue weighted by molar-refractivity contribution is 9.10. The lowest BCUT2D eigenvalue weighted by Gasteiger charge is -2.12. The van der Waals surface area contributed by atoms with Crippen LogP contribution in [0.1, 0.15) is 11.1 Å². The fraction of sp³-hybridized carbons (Fsp3) is 0.0833. The number of carbonyl (C=O) groups excluding carboxylic acids is 2. The molecule has 180 valence electrons. The van der Waals surface area contributed by atoms with Gasteiger partial charge in [0.25, 0.3) is 11.1 Å². The minimum Gasteiger partial charge on any atom is -0.497 e. The van der Waals surface area contributed by atoms with Gasteiger partial charge in [0.05, 0.1) is 23.0 Å². The molecule has 0 aromatic heterocycles. The Morgan fingerprint density at radius 2 is 1.71 bits per heavy atom. The molecule has 1 heterocycles. The number of rotatable bonds is 7. The lowest BCUT2D eigenvalue weighted by molar-refractivity contribution is -0.123. The van der Waals surface area contributed by atoms with Crippen LogP contribution in [0, 0.1) is 0 Å². The van der Waals surface area contributed by atoms with E-state index in [0.29, 0.717) is 20.8 Å². The Morgan fingerprint density at radius 1 is 1.03 bits per heavy atom. The van der Waals surface area contributed by atoms with Crippen molar-refractivity contribution in [1.29, 1.82) is 0 Å². The smallest absolute Gasteiger partial charge is 0.339 e. The van der Waals surface area contributed by atoms with E-state index in [1.807, 2.05) is 0 Å². The first-order chi connectivity index (χ1) is 16.7. The highest BCUT2D eigenvalue weighted by Gasteiger charge is 2.35. The maximum absolute atomic E-state index is 12.8. The summed E-state index contributed by atoms with van der Waals surface area (Å²) in [5, 5.41) is 0.193. The number of hydrogen-bond donors (Lipinski definition) is 0. The van der Waals surface area contributed by atoms with Gasteiger partial charge in [-0.1, -0.05) is 29.8 Å². The summed E-state index contributed by atoms with van der Waals surface area (Å²) in [6.07, 6.45) is 1.57. The first kappa shape index (κ1) is 25.3. The van der Waals surface area contributed by atoms with Crippen LogP contribution in [0.3, 0.4) is 0 Å². The summed E-state index contributed by atoms with van der Waals surface area (Å²) < 4.78 is 35.9. The predicted octanol–water partition coefficient (Wildman–Crippen LogP) is 6.12. The summed E-state index contributed by atoms with van der Waals surface area (Å²) >= 11 is 10.0. The zero-order valence-electron chi connectivity index (χ0n) is 18.1. The van der Waals surface area contributed by atoms with Crippen molar-refractivity contribution in [3.8, 4) is 11.5 Å². The number of halogens is 2. The van der Waals surface area contributed by atoms with Crippen molar-refractivity contribution in [3.05, 3.63) is 92.3 Å². The number of thioether (sulfide) groups is 1. The Morgan fingerprint density at radius 3 is 2.34 bits per heavy atom. The van der Waals surface area contributed by atoms with Crippen LogP contribution in [-0.4, -0.2) is 31.6 Å². The number of methoxy groups -OCH3 is 1. The third-order valence-corrected chi connectivity index (χ3v) is 7.96. The number of amides is 2. The second-order valence-electron chi connectivity index (χ2n) is 7.30. The third kappa shape index (κ3) is 5.90. The van der Waals surface area contributed by atoms with E-state index in [1.165, 1.54) is 37.4 Å². The van der Waals surface area contributed by atoms with Crippen molar-refractivity contribution in [2.24, 2.45) is 0 Å². The maximum Gasteiger partial charge on any atom is 0.339 e. The van der Waals surface area contributed by atoms with E-state index >= 15 is 0 Å². The molecule has 0 atom stereocenters. The molecule has 4 rings (SSSR count). The van der Waals surface area contributed by atoms with Crippen LogP contribution in [0.2, 0.25) is 5.02 Å². The molecule has 1 aliphatic heterocycles. The summed E-state index contributed by atoms with van der Waals surface area (Å²) in [5.41, 5.74) is 1.36. The largest absolute Gasteiger partial charge is 0.497 e. The molecule has 0 spiro atoms. The zero-order valence-corrected chi connectivity index (χ0v) is 22.1. The summed E-state index contributed by atoms with van der Waals surface area (Å²) in [5.74, 6) is 0.189. The van der Waals surface area contributed by atoms with Crippen molar-refractivity contribution < 1.29 is 26.9 Å². The van der Waals surface area contributed by atoms with Crippen LogP contribution in [0.25, 0.3) is 6.08 Å². The molecule has 0 bridgehead atoms. The van der Waals surface area contributed by atoms with Crippen LogP contribution in [0.5, 0.6) is 11.5 Å². The molecule has 0 saturated carbocycles. The first-order valence-electron chi connectivity index (χ1n) is 10.0. The third-order valence-electron chi connectivity index (χ3n) is 4.93. The molecule has 1 fully saturated rings. The normalized spacial score (nSPS) is 15.1. The summed E-state index contributed by atoms with van der Waals surface area (Å²) in [6.45, 7) is 0.138. The van der Waals surface area contributed by atoms with Crippen LogP contribution in [0.4, 0.5) is 4.79 Å². The molecule has 11 heteroatoms. The van der Waals surface area contributed by atoms with Gasteiger partial charge in [0, 0.05) is 5.02 Å². The molecule has 0 N–H and O–H groups in total. The molecule has 3 aromatic rings. The lowest BCUT2D eigenvalue weighted by atomic mass is 10.2. The molecule has 2 amide bonds. The highest BCUT2D eigenvalue weighted by Crippen LogP contribution is 2.35. The van der Waals surface area contributed by atoms with Crippen molar-refractivity contribution in [2.75, 3.05) is 7.11 Å². The fourth-order valence-corrected chi connectivity index (χ4v) is 5.64. The van der Waals surface area contributed by atoms with E-state index in [1.54, 1.807) is 42.5 Å². The van der Waals surface area contributed by atoms with Gasteiger partial charge in [-0.15, -0.1) is 0 Å². The monoisotopic (exact) mass is 593 g/mol. The molecule has 0 aliphatic carbocycles. The van der Waals surface area contributed by atoms with Gasteiger partial charge >= 0.3 is 10.1 Å². The minimum absolute atomic E-state index is 0.0244. The summed E-state index contributed by atoms with van der Waals surface area (Å²) in [7, 11) is -2.59. The van der Waals surface area contributed by atoms with Gasteiger partial charge < -0.3 is 8.92 Å². The Kier molecular flexibility index (Phi) is 7.56. The van der Waals surface area contributed by atoms with Gasteiger partial charge in [-0.25, -0.2) is 0 Å². The molecule has 35 heavy (non-hydrogen) atoms. The second kappa shape index (κ2) is 10.4. The van der Waals surface area contributed by atoms with Crippen LogP contribution in [0.15, 0.2) is 81.0 Å². The number of imide groups is 1. The summed E-state index contributed by atoms with van der Waals surface area (Å²) in [4.78, 5) is 26.6. The average molecular weight is 595 g/mol. The van der Waals surface area contributed by atoms with Crippen molar-refractivity contribution in [2.45, 2.75) is 11.4 Å². The first-order valence-corrected chi connectivity index (χ1v) is 13.4. The topological polar surface area (TPSA) is 90.0 Å². The van der Waals surface area contributed by atoms with E-state index < -0.39 is 16.0 Å². The predicted molar refractivity (Wildman–Crippen MR) is 138 cm³/mol.